The van der Waals surface area contributed by atoms with Crippen molar-refractivity contribution in [1.82, 2.24) is 4.90 Å². The highest BCUT2D eigenvalue weighted by atomic mass is 32.1. The molecule has 112 valence electrons. The number of nitriles is 1. The molecule has 0 aromatic carbocycles. The summed E-state index contributed by atoms with van der Waals surface area (Å²) in [7, 11) is 0. The van der Waals surface area contributed by atoms with Crippen molar-refractivity contribution in [3.63, 3.8) is 0 Å². The summed E-state index contributed by atoms with van der Waals surface area (Å²) in [5.74, 6) is 0.0183. The summed E-state index contributed by atoms with van der Waals surface area (Å²) in [6.45, 7) is 2.48. The first kappa shape index (κ1) is 14.6. The maximum absolute atomic E-state index is 12.2. The molecular formula is C16H21N3OS. The zero-order valence-corrected chi connectivity index (χ0v) is 13.1. The molecule has 2 heterocycles. The molecule has 1 amide bonds. The maximum Gasteiger partial charge on any atom is 0.239 e. The van der Waals surface area contributed by atoms with Gasteiger partial charge in [0.05, 0.1) is 12.1 Å². The number of anilines is 1. The molecule has 0 saturated carbocycles. The molecule has 1 aromatic rings. The van der Waals surface area contributed by atoms with E-state index < -0.39 is 0 Å². The van der Waals surface area contributed by atoms with Crippen LogP contribution in [-0.2, 0) is 17.6 Å². The number of nitrogens with one attached hydrogen (secondary N) is 1. The van der Waals surface area contributed by atoms with Crippen molar-refractivity contribution in [3.05, 3.63) is 16.0 Å². The minimum atomic E-state index is 0.0183. The lowest BCUT2D eigenvalue weighted by atomic mass is 10.1. The number of hydrogen-bond acceptors (Lipinski definition) is 4. The number of fused-ring (bicyclic) bond motifs is 1. The topological polar surface area (TPSA) is 56.1 Å². The lowest BCUT2D eigenvalue weighted by molar-refractivity contribution is -0.117. The second kappa shape index (κ2) is 6.59. The molecule has 0 bridgehead atoms. The van der Waals surface area contributed by atoms with Crippen molar-refractivity contribution in [2.24, 2.45) is 0 Å². The highest BCUT2D eigenvalue weighted by molar-refractivity contribution is 7.16. The Morgan fingerprint density at radius 3 is 2.71 bits per heavy atom. The van der Waals surface area contributed by atoms with Crippen LogP contribution in [0.15, 0.2) is 0 Å². The first-order chi connectivity index (χ1) is 10.3. The Balaban J connectivity index is 1.72. The van der Waals surface area contributed by atoms with Crippen molar-refractivity contribution in [2.75, 3.05) is 25.0 Å². The van der Waals surface area contributed by atoms with E-state index in [9.17, 15) is 10.1 Å². The number of nitrogens with zero attached hydrogens (tertiary/aromatic N) is 2. The van der Waals surface area contributed by atoms with Crippen LogP contribution in [0.5, 0.6) is 0 Å². The van der Waals surface area contributed by atoms with E-state index in [-0.39, 0.29) is 5.91 Å². The molecule has 3 rings (SSSR count). The van der Waals surface area contributed by atoms with Gasteiger partial charge in [-0.25, -0.2) is 0 Å². The normalized spacial score (nSPS) is 18.8. The van der Waals surface area contributed by atoms with Crippen molar-refractivity contribution < 1.29 is 4.79 Å². The van der Waals surface area contributed by atoms with Crippen LogP contribution in [0, 0.1) is 11.3 Å². The third kappa shape index (κ3) is 3.28. The molecular weight excluding hydrogens is 282 g/mol. The molecule has 0 atom stereocenters. The SMILES string of the molecule is N#Cc1c(NC(=O)CN2CCCC2)sc2c1CCCCC2. The average molecular weight is 303 g/mol. The largest absolute Gasteiger partial charge is 0.315 e. The number of thiophene rings is 1. The molecule has 1 aliphatic carbocycles. The zero-order chi connectivity index (χ0) is 14.7. The van der Waals surface area contributed by atoms with Gasteiger partial charge in [0.15, 0.2) is 0 Å². The van der Waals surface area contributed by atoms with Crippen molar-refractivity contribution >= 4 is 22.2 Å². The summed E-state index contributed by atoms with van der Waals surface area (Å²) in [6, 6.07) is 2.31. The molecule has 4 nitrogen and oxygen atoms in total. The van der Waals surface area contributed by atoms with Crippen LogP contribution in [0.4, 0.5) is 5.00 Å². The van der Waals surface area contributed by atoms with Crippen LogP contribution in [0.3, 0.4) is 0 Å². The standard InChI is InChI=1S/C16H21N3OS/c17-10-13-12-6-2-1-3-7-14(12)21-16(13)18-15(20)11-19-8-4-5-9-19/h1-9,11H2,(H,18,20). The van der Waals surface area contributed by atoms with Gasteiger partial charge < -0.3 is 5.32 Å². The molecule has 5 heteroatoms. The van der Waals surface area contributed by atoms with Crippen LogP contribution < -0.4 is 5.32 Å². The highest BCUT2D eigenvalue weighted by Gasteiger charge is 2.22. The molecule has 1 fully saturated rings. The lowest BCUT2D eigenvalue weighted by Gasteiger charge is -2.13. The smallest absolute Gasteiger partial charge is 0.239 e. The highest BCUT2D eigenvalue weighted by Crippen LogP contribution is 2.36. The van der Waals surface area contributed by atoms with Crippen LogP contribution in [0.2, 0.25) is 0 Å². The van der Waals surface area contributed by atoms with E-state index in [0.29, 0.717) is 12.1 Å². The molecule has 1 N–H and O–H groups in total. The molecule has 2 aliphatic rings. The monoisotopic (exact) mass is 303 g/mol. The predicted molar refractivity (Wildman–Crippen MR) is 84.6 cm³/mol. The number of amides is 1. The second-order valence-electron chi connectivity index (χ2n) is 5.91. The maximum atomic E-state index is 12.2. The zero-order valence-electron chi connectivity index (χ0n) is 12.3. The summed E-state index contributed by atoms with van der Waals surface area (Å²) in [4.78, 5) is 15.6. The molecule has 0 spiro atoms. The lowest BCUT2D eigenvalue weighted by Crippen LogP contribution is -2.30. The van der Waals surface area contributed by atoms with E-state index in [2.05, 4.69) is 16.3 Å². The van der Waals surface area contributed by atoms with E-state index in [0.717, 1.165) is 37.4 Å². The summed E-state index contributed by atoms with van der Waals surface area (Å²) >= 11 is 1.61. The van der Waals surface area contributed by atoms with Gasteiger partial charge in [-0.3, -0.25) is 9.69 Å². The fraction of sp³-hybridized carbons (Fsp3) is 0.625. The van der Waals surface area contributed by atoms with Crippen LogP contribution in [0.25, 0.3) is 0 Å². The first-order valence-corrected chi connectivity index (χ1v) is 8.66. The number of likely N-dealkylation sites (tertiary alicyclic amines) is 1. The van der Waals surface area contributed by atoms with E-state index in [1.165, 1.54) is 36.1 Å². The number of hydrogen-bond donors (Lipinski definition) is 1. The molecule has 1 saturated heterocycles. The predicted octanol–water partition coefficient (Wildman–Crippen LogP) is 2.92. The number of rotatable bonds is 3. The molecule has 1 aliphatic heterocycles. The van der Waals surface area contributed by atoms with Gasteiger partial charge in [-0.15, -0.1) is 11.3 Å². The van der Waals surface area contributed by atoms with Crippen molar-refractivity contribution in [1.29, 1.82) is 5.26 Å². The van der Waals surface area contributed by atoms with E-state index >= 15 is 0 Å². The molecule has 1 aromatic heterocycles. The van der Waals surface area contributed by atoms with Gasteiger partial charge in [0.1, 0.15) is 11.1 Å². The average Bonchev–Trinajstić information content (AvgIpc) is 3.01. The minimum Gasteiger partial charge on any atom is -0.315 e. The summed E-state index contributed by atoms with van der Waals surface area (Å²) in [5, 5.41) is 13.2. The molecule has 0 radical (unpaired) electrons. The Morgan fingerprint density at radius 1 is 1.19 bits per heavy atom. The van der Waals surface area contributed by atoms with Crippen LogP contribution >= 0.6 is 11.3 Å². The summed E-state index contributed by atoms with van der Waals surface area (Å²) in [5.41, 5.74) is 1.91. The van der Waals surface area contributed by atoms with Gasteiger partial charge in [-0.05, 0) is 57.2 Å². The first-order valence-electron chi connectivity index (χ1n) is 7.85. The van der Waals surface area contributed by atoms with Gasteiger partial charge in [0, 0.05) is 4.88 Å². The Morgan fingerprint density at radius 2 is 1.95 bits per heavy atom. The number of aryl methyl sites for hydroxylation is 1. The third-order valence-corrected chi connectivity index (χ3v) is 5.56. The summed E-state index contributed by atoms with van der Waals surface area (Å²) < 4.78 is 0. The quantitative estimate of drug-likeness (QED) is 0.874. The van der Waals surface area contributed by atoms with E-state index in [1.54, 1.807) is 11.3 Å². The van der Waals surface area contributed by atoms with Crippen LogP contribution in [0.1, 0.15) is 48.1 Å². The van der Waals surface area contributed by atoms with Crippen molar-refractivity contribution in [2.45, 2.75) is 44.9 Å². The van der Waals surface area contributed by atoms with Gasteiger partial charge in [0.25, 0.3) is 0 Å². The van der Waals surface area contributed by atoms with Gasteiger partial charge in [-0.1, -0.05) is 6.42 Å². The Hall–Kier alpha value is -1.38. The Labute approximate surface area is 129 Å². The van der Waals surface area contributed by atoms with Gasteiger partial charge in [-0.2, -0.15) is 5.26 Å². The van der Waals surface area contributed by atoms with Gasteiger partial charge >= 0.3 is 0 Å². The molecule has 21 heavy (non-hydrogen) atoms. The fourth-order valence-electron chi connectivity index (χ4n) is 3.26. The third-order valence-electron chi connectivity index (χ3n) is 4.35. The summed E-state index contributed by atoms with van der Waals surface area (Å²) in [6.07, 6.45) is 7.99. The number of carbonyl (C=O) groups is 1. The number of carbonyl (C=O) groups excluding carboxylic acids is 1. The van der Waals surface area contributed by atoms with Crippen molar-refractivity contribution in [3.8, 4) is 6.07 Å². The van der Waals surface area contributed by atoms with Crippen LogP contribution in [-0.4, -0.2) is 30.4 Å². The van der Waals surface area contributed by atoms with Gasteiger partial charge in [0.2, 0.25) is 5.91 Å². The van der Waals surface area contributed by atoms with E-state index in [4.69, 9.17) is 0 Å². The van der Waals surface area contributed by atoms with E-state index in [1.807, 2.05) is 0 Å². The Bertz CT molecular complexity index is 567. The minimum absolute atomic E-state index is 0.0183. The molecule has 0 unspecified atom stereocenters. The fourth-order valence-corrected chi connectivity index (χ4v) is 4.51. The Kier molecular flexibility index (Phi) is 4.57. The second-order valence-corrected chi connectivity index (χ2v) is 7.02.